The summed E-state index contributed by atoms with van der Waals surface area (Å²) < 4.78 is 42.2. The van der Waals surface area contributed by atoms with Gasteiger partial charge in [-0.1, -0.05) is 18.2 Å². The molecule has 0 aliphatic heterocycles. The number of hydrogen-bond donors (Lipinski definition) is 2. The summed E-state index contributed by atoms with van der Waals surface area (Å²) >= 11 is 0. The molecule has 0 spiro atoms. The molecule has 0 unspecified atom stereocenters. The second-order valence-electron chi connectivity index (χ2n) is 7.72. The Morgan fingerprint density at radius 3 is 2.24 bits per heavy atom. The Bertz CT molecular complexity index is 1420. The summed E-state index contributed by atoms with van der Waals surface area (Å²) in [6, 6.07) is 20.3. The minimum atomic E-state index is -3.87. The molecular formula is C25H23FN4O3S. The molecule has 0 fully saturated rings. The van der Waals surface area contributed by atoms with E-state index in [4.69, 9.17) is 0 Å². The van der Waals surface area contributed by atoms with Crippen molar-refractivity contribution >= 4 is 21.6 Å². The van der Waals surface area contributed by atoms with Crippen LogP contribution >= 0.6 is 0 Å². The van der Waals surface area contributed by atoms with Crippen molar-refractivity contribution in [3.63, 3.8) is 0 Å². The van der Waals surface area contributed by atoms with Gasteiger partial charge >= 0.3 is 0 Å². The molecule has 2 N–H and O–H groups in total. The Morgan fingerprint density at radius 1 is 0.941 bits per heavy atom. The minimum Gasteiger partial charge on any atom is -0.348 e. The second kappa shape index (κ2) is 9.48. The molecular weight excluding hydrogens is 455 g/mol. The Hall–Kier alpha value is -3.98. The van der Waals surface area contributed by atoms with Crippen LogP contribution in [0.4, 0.5) is 10.1 Å². The molecule has 34 heavy (non-hydrogen) atoms. The largest absolute Gasteiger partial charge is 0.348 e. The van der Waals surface area contributed by atoms with Gasteiger partial charge in [0, 0.05) is 29.1 Å². The van der Waals surface area contributed by atoms with Crippen molar-refractivity contribution < 1.29 is 17.6 Å². The molecule has 9 heteroatoms. The maximum Gasteiger partial charge on any atom is 0.261 e. The molecule has 4 rings (SSSR count). The molecule has 0 saturated heterocycles. The van der Waals surface area contributed by atoms with Crippen LogP contribution in [0.2, 0.25) is 0 Å². The highest BCUT2D eigenvalue weighted by atomic mass is 32.2. The van der Waals surface area contributed by atoms with E-state index < -0.39 is 15.8 Å². The molecule has 3 aromatic carbocycles. The highest BCUT2D eigenvalue weighted by molar-refractivity contribution is 7.92. The lowest BCUT2D eigenvalue weighted by Gasteiger charge is -2.10. The molecule has 0 atom stereocenters. The van der Waals surface area contributed by atoms with Crippen LogP contribution in [0, 0.1) is 19.7 Å². The number of carbonyl (C=O) groups excluding carboxylic acids is 1. The van der Waals surface area contributed by atoms with Crippen LogP contribution in [0.1, 0.15) is 27.3 Å². The smallest absolute Gasteiger partial charge is 0.261 e. The number of anilines is 1. The quantitative estimate of drug-likeness (QED) is 0.413. The number of para-hydroxylation sites is 1. The first-order chi connectivity index (χ1) is 16.2. The standard InChI is InChI=1S/C25H23FN4O3S/c1-17-24(18(2)30(28-17)22-6-4-3-5-7-22)16-27-25(31)19-8-12-21(13-9-19)29-34(32,33)23-14-10-20(26)11-15-23/h3-15,29H,16H2,1-2H3,(H,27,31). The van der Waals surface area contributed by atoms with Crippen molar-refractivity contribution in [3.05, 3.63) is 107 Å². The van der Waals surface area contributed by atoms with Gasteiger partial charge in [-0.05, 0) is 74.5 Å². The van der Waals surface area contributed by atoms with Gasteiger partial charge in [0.2, 0.25) is 0 Å². The topological polar surface area (TPSA) is 93.1 Å². The summed E-state index contributed by atoms with van der Waals surface area (Å²) in [5, 5.41) is 7.48. The van der Waals surface area contributed by atoms with Gasteiger partial charge in [0.1, 0.15) is 5.82 Å². The number of hydrogen-bond acceptors (Lipinski definition) is 4. The van der Waals surface area contributed by atoms with E-state index in [-0.39, 0.29) is 16.5 Å². The van der Waals surface area contributed by atoms with Crippen LogP contribution in [0.25, 0.3) is 5.69 Å². The number of nitrogens with zero attached hydrogens (tertiary/aromatic N) is 2. The summed E-state index contributed by atoms with van der Waals surface area (Å²) in [7, 11) is -3.87. The van der Waals surface area contributed by atoms with E-state index in [1.807, 2.05) is 48.9 Å². The van der Waals surface area contributed by atoms with Crippen LogP contribution in [-0.4, -0.2) is 24.1 Å². The van der Waals surface area contributed by atoms with Crippen molar-refractivity contribution in [1.82, 2.24) is 15.1 Å². The number of rotatable bonds is 7. The molecule has 0 radical (unpaired) electrons. The Kier molecular flexibility index (Phi) is 6.47. The van der Waals surface area contributed by atoms with E-state index in [1.54, 1.807) is 0 Å². The first-order valence-electron chi connectivity index (χ1n) is 10.5. The van der Waals surface area contributed by atoms with E-state index >= 15 is 0 Å². The molecule has 0 bridgehead atoms. The van der Waals surface area contributed by atoms with Gasteiger partial charge in [0.25, 0.3) is 15.9 Å². The van der Waals surface area contributed by atoms with E-state index in [9.17, 15) is 17.6 Å². The van der Waals surface area contributed by atoms with Crippen LogP contribution in [0.15, 0.2) is 83.8 Å². The molecule has 174 valence electrons. The summed E-state index contributed by atoms with van der Waals surface area (Å²) in [6.07, 6.45) is 0. The summed E-state index contributed by atoms with van der Waals surface area (Å²) in [5.74, 6) is -0.814. The number of benzene rings is 3. The number of sulfonamides is 1. The fraction of sp³-hybridized carbons (Fsp3) is 0.120. The summed E-state index contributed by atoms with van der Waals surface area (Å²) in [5.41, 5.74) is 4.31. The Labute approximate surface area is 197 Å². The fourth-order valence-corrected chi connectivity index (χ4v) is 4.60. The van der Waals surface area contributed by atoms with Gasteiger partial charge in [-0.2, -0.15) is 5.10 Å². The van der Waals surface area contributed by atoms with Crippen molar-refractivity contribution in [3.8, 4) is 5.69 Å². The van der Waals surface area contributed by atoms with Gasteiger partial charge in [-0.3, -0.25) is 9.52 Å². The summed E-state index contributed by atoms with van der Waals surface area (Å²) in [4.78, 5) is 12.6. The number of carbonyl (C=O) groups is 1. The number of aryl methyl sites for hydroxylation is 1. The van der Waals surface area contributed by atoms with Gasteiger partial charge in [0.05, 0.1) is 16.3 Å². The van der Waals surface area contributed by atoms with E-state index in [1.165, 1.54) is 36.4 Å². The van der Waals surface area contributed by atoms with Gasteiger partial charge in [0.15, 0.2) is 0 Å². The number of amides is 1. The van der Waals surface area contributed by atoms with Gasteiger partial charge in [-0.25, -0.2) is 17.5 Å². The Balaban J connectivity index is 1.42. The third kappa shape index (κ3) is 4.99. The van der Waals surface area contributed by atoms with Crippen LogP contribution in [0.5, 0.6) is 0 Å². The SMILES string of the molecule is Cc1nn(-c2ccccc2)c(C)c1CNC(=O)c1ccc(NS(=O)(=O)c2ccc(F)cc2)cc1. The monoisotopic (exact) mass is 478 g/mol. The van der Waals surface area contributed by atoms with Crippen LogP contribution < -0.4 is 10.0 Å². The minimum absolute atomic E-state index is 0.0579. The molecule has 0 aliphatic rings. The average molecular weight is 479 g/mol. The molecule has 1 aromatic heterocycles. The van der Waals surface area contributed by atoms with Gasteiger partial charge in [-0.15, -0.1) is 0 Å². The first-order valence-corrected chi connectivity index (χ1v) is 12.0. The third-order valence-corrected chi connectivity index (χ3v) is 6.79. The van der Waals surface area contributed by atoms with Crippen molar-refractivity contribution in [1.29, 1.82) is 0 Å². The molecule has 7 nitrogen and oxygen atoms in total. The van der Waals surface area contributed by atoms with Crippen molar-refractivity contribution in [2.24, 2.45) is 0 Å². The fourth-order valence-electron chi connectivity index (χ4n) is 3.54. The number of aromatic nitrogens is 2. The maximum absolute atomic E-state index is 13.1. The zero-order chi connectivity index (χ0) is 24.3. The maximum atomic E-state index is 13.1. The lowest BCUT2D eigenvalue weighted by molar-refractivity contribution is 0.0951. The normalized spacial score (nSPS) is 11.3. The highest BCUT2D eigenvalue weighted by Gasteiger charge is 2.16. The van der Waals surface area contributed by atoms with Crippen molar-refractivity contribution in [2.75, 3.05) is 4.72 Å². The lowest BCUT2D eigenvalue weighted by atomic mass is 10.1. The number of halogens is 1. The number of nitrogens with one attached hydrogen (secondary N) is 2. The second-order valence-corrected chi connectivity index (χ2v) is 9.40. The predicted molar refractivity (Wildman–Crippen MR) is 128 cm³/mol. The molecule has 1 amide bonds. The van der Waals surface area contributed by atoms with Crippen LogP contribution in [0.3, 0.4) is 0 Å². The highest BCUT2D eigenvalue weighted by Crippen LogP contribution is 2.19. The van der Waals surface area contributed by atoms with Gasteiger partial charge < -0.3 is 5.32 Å². The zero-order valence-electron chi connectivity index (χ0n) is 18.6. The molecule has 0 saturated carbocycles. The lowest BCUT2D eigenvalue weighted by Crippen LogP contribution is -2.23. The van der Waals surface area contributed by atoms with Crippen molar-refractivity contribution in [2.45, 2.75) is 25.3 Å². The first kappa shape index (κ1) is 23.2. The zero-order valence-corrected chi connectivity index (χ0v) is 19.4. The Morgan fingerprint density at radius 2 is 1.59 bits per heavy atom. The third-order valence-electron chi connectivity index (χ3n) is 5.39. The molecule has 0 aliphatic carbocycles. The average Bonchev–Trinajstić information content (AvgIpc) is 3.11. The van der Waals surface area contributed by atoms with E-state index in [0.717, 1.165) is 34.8 Å². The van der Waals surface area contributed by atoms with E-state index in [0.29, 0.717) is 12.1 Å². The van der Waals surface area contributed by atoms with E-state index in [2.05, 4.69) is 15.1 Å². The van der Waals surface area contributed by atoms with Crippen LogP contribution in [-0.2, 0) is 16.6 Å². The predicted octanol–water partition coefficient (Wildman–Crippen LogP) is 4.36. The molecule has 1 heterocycles. The molecule has 4 aromatic rings. The summed E-state index contributed by atoms with van der Waals surface area (Å²) in [6.45, 7) is 4.16.